The molecule has 0 saturated carbocycles. The van der Waals surface area contributed by atoms with E-state index >= 15 is 0 Å². The third kappa shape index (κ3) is 4.65. The number of esters is 1. The molecule has 8 heteroatoms. The number of benzene rings is 1. The Morgan fingerprint density at radius 1 is 1.19 bits per heavy atom. The van der Waals surface area contributed by atoms with Gasteiger partial charge < -0.3 is 14.2 Å². The van der Waals surface area contributed by atoms with E-state index in [4.69, 9.17) is 4.74 Å². The molecule has 0 unspecified atom stereocenters. The van der Waals surface area contributed by atoms with Crippen LogP contribution in [0.15, 0.2) is 60.1 Å². The van der Waals surface area contributed by atoms with Gasteiger partial charge in [0.2, 0.25) is 0 Å². The number of carbonyl (C=O) groups is 2. The highest BCUT2D eigenvalue weighted by Crippen LogP contribution is 2.18. The summed E-state index contributed by atoms with van der Waals surface area (Å²) in [6, 6.07) is 12.0. The monoisotopic (exact) mass is 388 g/mol. The van der Waals surface area contributed by atoms with Gasteiger partial charge in [-0.25, -0.2) is 13.2 Å². The summed E-state index contributed by atoms with van der Waals surface area (Å²) in [5, 5.41) is 1.12. The second-order valence-electron chi connectivity index (χ2n) is 6.31. The third-order valence-corrected chi connectivity index (χ3v) is 5.69. The van der Waals surface area contributed by atoms with Crippen molar-refractivity contribution in [2.24, 2.45) is 7.05 Å². The number of aryl methyl sites for hydroxylation is 1. The molecule has 0 radical (unpaired) electrons. The fourth-order valence-electron chi connectivity index (χ4n) is 2.88. The SMILES string of the molecule is Cn1cccc1C(=O)OCC(=O)N(Cc1ccccc1)[C@@H]1C=CS(=O)(=O)C1. The first-order chi connectivity index (χ1) is 12.9. The highest BCUT2D eigenvalue weighted by Gasteiger charge is 2.31. The Labute approximate surface area is 157 Å². The lowest BCUT2D eigenvalue weighted by Crippen LogP contribution is -2.42. The molecule has 1 aliphatic rings. The number of hydrogen-bond acceptors (Lipinski definition) is 5. The topological polar surface area (TPSA) is 85.7 Å². The van der Waals surface area contributed by atoms with Crippen molar-refractivity contribution >= 4 is 21.7 Å². The van der Waals surface area contributed by atoms with Gasteiger partial charge in [-0.1, -0.05) is 30.3 Å². The van der Waals surface area contributed by atoms with Gasteiger partial charge in [0.05, 0.1) is 11.8 Å². The molecular weight excluding hydrogens is 368 g/mol. The first-order valence-electron chi connectivity index (χ1n) is 8.38. The fourth-order valence-corrected chi connectivity index (χ4v) is 4.18. The number of carbonyl (C=O) groups excluding carboxylic acids is 2. The normalized spacial score (nSPS) is 17.6. The molecule has 1 aromatic heterocycles. The minimum absolute atomic E-state index is 0.169. The van der Waals surface area contributed by atoms with Crippen molar-refractivity contribution in [2.75, 3.05) is 12.4 Å². The maximum absolute atomic E-state index is 12.7. The van der Waals surface area contributed by atoms with Gasteiger partial charge in [-0.15, -0.1) is 0 Å². The van der Waals surface area contributed by atoms with Crippen LogP contribution in [0.4, 0.5) is 0 Å². The van der Waals surface area contributed by atoms with Gasteiger partial charge in [0, 0.05) is 25.2 Å². The van der Waals surface area contributed by atoms with Gasteiger partial charge in [-0.05, 0) is 23.8 Å². The Bertz CT molecular complexity index is 963. The largest absolute Gasteiger partial charge is 0.451 e. The molecule has 7 nitrogen and oxygen atoms in total. The predicted octanol–water partition coefficient (Wildman–Crippen LogP) is 1.52. The number of sulfone groups is 1. The van der Waals surface area contributed by atoms with E-state index in [9.17, 15) is 18.0 Å². The molecule has 27 heavy (non-hydrogen) atoms. The second-order valence-corrected chi connectivity index (χ2v) is 8.24. The quantitative estimate of drug-likeness (QED) is 0.701. The minimum Gasteiger partial charge on any atom is -0.451 e. The maximum atomic E-state index is 12.7. The number of aromatic nitrogens is 1. The smallest absolute Gasteiger partial charge is 0.355 e. The molecule has 0 fully saturated rings. The molecule has 2 aromatic rings. The van der Waals surface area contributed by atoms with Gasteiger partial charge in [-0.2, -0.15) is 0 Å². The fraction of sp³-hybridized carbons (Fsp3) is 0.263. The standard InChI is InChI=1S/C19H20N2O5S/c1-20-10-5-8-17(20)19(23)26-13-18(22)21(12-15-6-3-2-4-7-15)16-9-11-27(24,25)14-16/h2-11,16H,12-14H2,1H3/t16-/m1/s1. The lowest BCUT2D eigenvalue weighted by atomic mass is 10.2. The van der Waals surface area contributed by atoms with Gasteiger partial charge in [0.1, 0.15) is 5.69 Å². The van der Waals surface area contributed by atoms with Crippen LogP contribution < -0.4 is 0 Å². The lowest BCUT2D eigenvalue weighted by molar-refractivity contribution is -0.136. The Balaban J connectivity index is 1.71. The van der Waals surface area contributed by atoms with Crippen molar-refractivity contribution in [1.29, 1.82) is 0 Å². The van der Waals surface area contributed by atoms with Crippen molar-refractivity contribution in [3.8, 4) is 0 Å². The van der Waals surface area contributed by atoms with Crippen LogP contribution in [0.2, 0.25) is 0 Å². The first-order valence-corrected chi connectivity index (χ1v) is 10.1. The maximum Gasteiger partial charge on any atom is 0.355 e. The van der Waals surface area contributed by atoms with E-state index in [1.807, 2.05) is 30.3 Å². The number of rotatable bonds is 6. The molecule has 1 aromatic carbocycles. The summed E-state index contributed by atoms with van der Waals surface area (Å²) in [5.74, 6) is -1.23. The highest BCUT2D eigenvalue weighted by atomic mass is 32.2. The van der Waals surface area contributed by atoms with E-state index in [1.54, 1.807) is 29.9 Å². The number of ether oxygens (including phenoxy) is 1. The van der Waals surface area contributed by atoms with E-state index in [-0.39, 0.29) is 12.3 Å². The van der Waals surface area contributed by atoms with Crippen LogP contribution in [0.25, 0.3) is 0 Å². The molecule has 1 atom stereocenters. The van der Waals surface area contributed by atoms with E-state index in [2.05, 4.69) is 0 Å². The molecule has 1 aliphatic heterocycles. The molecule has 142 valence electrons. The van der Waals surface area contributed by atoms with Crippen molar-refractivity contribution in [3.63, 3.8) is 0 Å². The second kappa shape index (κ2) is 7.79. The zero-order valence-corrected chi connectivity index (χ0v) is 15.6. The first kappa shape index (κ1) is 18.9. The average molecular weight is 388 g/mol. The Morgan fingerprint density at radius 3 is 2.52 bits per heavy atom. The van der Waals surface area contributed by atoms with E-state index in [1.165, 1.54) is 11.0 Å². The summed E-state index contributed by atoms with van der Waals surface area (Å²) in [4.78, 5) is 26.3. The number of amides is 1. The van der Waals surface area contributed by atoms with Crippen LogP contribution in [-0.2, 0) is 33.0 Å². The van der Waals surface area contributed by atoms with Gasteiger partial charge in [-0.3, -0.25) is 4.79 Å². The van der Waals surface area contributed by atoms with Crippen molar-refractivity contribution in [2.45, 2.75) is 12.6 Å². The van der Waals surface area contributed by atoms with Gasteiger partial charge in [0.25, 0.3) is 5.91 Å². The Morgan fingerprint density at radius 2 is 1.93 bits per heavy atom. The lowest BCUT2D eigenvalue weighted by Gasteiger charge is -2.27. The van der Waals surface area contributed by atoms with E-state index in [0.717, 1.165) is 11.0 Å². The summed E-state index contributed by atoms with van der Waals surface area (Å²) in [7, 11) is -1.62. The molecule has 3 rings (SSSR count). The van der Waals surface area contributed by atoms with Crippen molar-refractivity contribution < 1.29 is 22.7 Å². The summed E-state index contributed by atoms with van der Waals surface area (Å²) in [5.41, 5.74) is 1.19. The Hall–Kier alpha value is -2.87. The van der Waals surface area contributed by atoms with Crippen LogP contribution >= 0.6 is 0 Å². The van der Waals surface area contributed by atoms with Crippen molar-refractivity contribution in [3.05, 3.63) is 71.4 Å². The molecular formula is C19H20N2O5S. The van der Waals surface area contributed by atoms with Gasteiger partial charge >= 0.3 is 5.97 Å². The molecule has 0 N–H and O–H groups in total. The van der Waals surface area contributed by atoms with Gasteiger partial charge in [0.15, 0.2) is 16.4 Å². The molecule has 1 amide bonds. The van der Waals surface area contributed by atoms with Crippen LogP contribution in [0.5, 0.6) is 0 Å². The molecule has 0 bridgehead atoms. The van der Waals surface area contributed by atoms with Crippen LogP contribution in [0.1, 0.15) is 16.1 Å². The van der Waals surface area contributed by atoms with E-state index < -0.39 is 34.4 Å². The molecule has 2 heterocycles. The highest BCUT2D eigenvalue weighted by molar-refractivity contribution is 7.94. The van der Waals surface area contributed by atoms with E-state index in [0.29, 0.717) is 5.69 Å². The molecule has 0 saturated heterocycles. The van der Waals surface area contributed by atoms with Crippen LogP contribution in [0, 0.1) is 0 Å². The van der Waals surface area contributed by atoms with Crippen molar-refractivity contribution in [1.82, 2.24) is 9.47 Å². The molecule has 0 aliphatic carbocycles. The average Bonchev–Trinajstić information content (AvgIpc) is 3.23. The zero-order chi connectivity index (χ0) is 19.4. The minimum atomic E-state index is -3.32. The summed E-state index contributed by atoms with van der Waals surface area (Å²) < 4.78 is 30.3. The molecule has 0 spiro atoms. The summed E-state index contributed by atoms with van der Waals surface area (Å²) >= 11 is 0. The number of hydrogen-bond donors (Lipinski definition) is 0. The Kier molecular flexibility index (Phi) is 5.46. The summed E-state index contributed by atoms with van der Waals surface area (Å²) in [6.07, 6.45) is 3.20. The third-order valence-electron chi connectivity index (χ3n) is 4.31. The zero-order valence-electron chi connectivity index (χ0n) is 14.8. The predicted molar refractivity (Wildman–Crippen MR) is 99.4 cm³/mol. The van der Waals surface area contributed by atoms with Crippen LogP contribution in [-0.4, -0.2) is 48.2 Å². The number of nitrogens with zero attached hydrogens (tertiary/aromatic N) is 2. The summed E-state index contributed by atoms with van der Waals surface area (Å²) in [6.45, 7) is -0.229. The van der Waals surface area contributed by atoms with Crippen LogP contribution in [0.3, 0.4) is 0 Å².